The minimum absolute atomic E-state index is 0.0518. The van der Waals surface area contributed by atoms with E-state index in [1.54, 1.807) is 24.3 Å². The van der Waals surface area contributed by atoms with Crippen LogP contribution in [0.1, 0.15) is 39.3 Å². The summed E-state index contributed by atoms with van der Waals surface area (Å²) in [6, 6.07) is 16.9. The Balaban J connectivity index is 1.49. The molecule has 1 aliphatic rings. The van der Waals surface area contributed by atoms with Crippen molar-refractivity contribution in [3.8, 4) is 0 Å². The minimum atomic E-state index is -0.384. The zero-order valence-corrected chi connectivity index (χ0v) is 21.0. The molecule has 1 saturated heterocycles. The standard InChI is InChI=1S/C29H32N4O4/c1-3-23(34)9-6-14-30-28(35)22-12-13-26(24(20-22)31-29(36)27-11-7-19-37-27)33-17-15-32(16-18-33)25-10-5-4-8-21(25)2/h3-5,7-8,10-13,19-20H,1,6,9,14-18H2,2H3,(H,30,35)(H,31,36). The summed E-state index contributed by atoms with van der Waals surface area (Å²) in [5.74, 6) is -0.512. The normalized spacial score (nSPS) is 13.2. The van der Waals surface area contributed by atoms with E-state index < -0.39 is 0 Å². The Bertz CT molecular complexity index is 1260. The fourth-order valence-electron chi connectivity index (χ4n) is 4.42. The highest BCUT2D eigenvalue weighted by atomic mass is 16.3. The van der Waals surface area contributed by atoms with Crippen molar-refractivity contribution < 1.29 is 18.8 Å². The van der Waals surface area contributed by atoms with Gasteiger partial charge < -0.3 is 24.9 Å². The highest BCUT2D eigenvalue weighted by Gasteiger charge is 2.23. The fraction of sp³-hybridized carbons (Fsp3) is 0.276. The van der Waals surface area contributed by atoms with E-state index in [1.165, 1.54) is 23.6 Å². The molecule has 2 heterocycles. The number of carbonyl (C=O) groups is 3. The molecule has 1 fully saturated rings. The molecule has 8 nitrogen and oxygen atoms in total. The van der Waals surface area contributed by atoms with Crippen molar-refractivity contribution in [2.75, 3.05) is 47.8 Å². The fourth-order valence-corrected chi connectivity index (χ4v) is 4.42. The Hall–Kier alpha value is -4.33. The number of nitrogens with one attached hydrogen (secondary N) is 2. The molecule has 0 unspecified atom stereocenters. The van der Waals surface area contributed by atoms with Crippen LogP contribution in [0.2, 0.25) is 0 Å². The summed E-state index contributed by atoms with van der Waals surface area (Å²) in [7, 11) is 0. The molecule has 1 aliphatic heterocycles. The lowest BCUT2D eigenvalue weighted by Gasteiger charge is -2.38. The number of piperazine rings is 1. The Labute approximate surface area is 216 Å². The smallest absolute Gasteiger partial charge is 0.291 e. The number of hydrogen-bond acceptors (Lipinski definition) is 6. The lowest BCUT2D eigenvalue weighted by atomic mass is 10.1. The van der Waals surface area contributed by atoms with Gasteiger partial charge in [0.15, 0.2) is 11.5 Å². The van der Waals surface area contributed by atoms with Crippen molar-refractivity contribution in [3.05, 3.63) is 90.4 Å². The van der Waals surface area contributed by atoms with E-state index in [1.807, 2.05) is 12.1 Å². The first-order valence-electron chi connectivity index (χ1n) is 12.4. The molecule has 2 N–H and O–H groups in total. The Morgan fingerprint density at radius 1 is 0.946 bits per heavy atom. The number of para-hydroxylation sites is 1. The third-order valence-electron chi connectivity index (χ3n) is 6.44. The molecule has 0 spiro atoms. The molecule has 3 aromatic rings. The number of nitrogens with zero attached hydrogens (tertiary/aromatic N) is 2. The SMILES string of the molecule is C=CC(=O)CCCNC(=O)c1ccc(N2CCN(c3ccccc3C)CC2)c(NC(=O)c2ccco2)c1. The summed E-state index contributed by atoms with van der Waals surface area (Å²) < 4.78 is 5.25. The zero-order chi connectivity index (χ0) is 26.2. The Morgan fingerprint density at radius 2 is 1.68 bits per heavy atom. The van der Waals surface area contributed by atoms with Crippen LogP contribution >= 0.6 is 0 Å². The van der Waals surface area contributed by atoms with E-state index in [4.69, 9.17) is 4.42 Å². The molecule has 0 saturated carbocycles. The van der Waals surface area contributed by atoms with E-state index in [0.29, 0.717) is 30.6 Å². The van der Waals surface area contributed by atoms with Crippen molar-refractivity contribution in [1.29, 1.82) is 0 Å². The van der Waals surface area contributed by atoms with Crippen LogP contribution in [-0.4, -0.2) is 50.3 Å². The number of hydrogen-bond donors (Lipinski definition) is 2. The molecule has 0 atom stereocenters. The van der Waals surface area contributed by atoms with Crippen molar-refractivity contribution in [3.63, 3.8) is 0 Å². The summed E-state index contributed by atoms with van der Waals surface area (Å²) in [6.07, 6.45) is 3.60. The molecule has 2 aromatic carbocycles. The predicted molar refractivity (Wildman–Crippen MR) is 145 cm³/mol. The van der Waals surface area contributed by atoms with Gasteiger partial charge in [-0.3, -0.25) is 14.4 Å². The molecule has 0 radical (unpaired) electrons. The molecule has 8 heteroatoms. The van der Waals surface area contributed by atoms with Gasteiger partial charge in [-0.05, 0) is 61.4 Å². The lowest BCUT2D eigenvalue weighted by molar-refractivity contribution is -0.114. The first kappa shape index (κ1) is 25.8. The van der Waals surface area contributed by atoms with Crippen LogP contribution in [0.3, 0.4) is 0 Å². The van der Waals surface area contributed by atoms with E-state index >= 15 is 0 Å². The van der Waals surface area contributed by atoms with E-state index in [-0.39, 0.29) is 23.4 Å². The first-order valence-corrected chi connectivity index (χ1v) is 12.4. The zero-order valence-electron chi connectivity index (χ0n) is 21.0. The molecule has 1 aromatic heterocycles. The average Bonchev–Trinajstić information content (AvgIpc) is 3.47. The van der Waals surface area contributed by atoms with Crippen LogP contribution in [0.5, 0.6) is 0 Å². The maximum absolute atomic E-state index is 12.8. The largest absolute Gasteiger partial charge is 0.459 e. The average molecular weight is 501 g/mol. The van der Waals surface area contributed by atoms with Crippen LogP contribution in [0.15, 0.2) is 77.9 Å². The number of allylic oxidation sites excluding steroid dienone is 1. The first-order chi connectivity index (χ1) is 18.0. The quantitative estimate of drug-likeness (QED) is 0.316. The molecule has 0 bridgehead atoms. The predicted octanol–water partition coefficient (Wildman–Crippen LogP) is 4.43. The van der Waals surface area contributed by atoms with Crippen molar-refractivity contribution >= 4 is 34.7 Å². The van der Waals surface area contributed by atoms with Gasteiger partial charge in [-0.1, -0.05) is 24.8 Å². The number of aryl methyl sites for hydroxylation is 1. The van der Waals surface area contributed by atoms with Gasteiger partial charge in [-0.2, -0.15) is 0 Å². The summed E-state index contributed by atoms with van der Waals surface area (Å²) in [4.78, 5) is 41.5. The second kappa shape index (κ2) is 12.1. The second-order valence-corrected chi connectivity index (χ2v) is 8.95. The van der Waals surface area contributed by atoms with E-state index in [2.05, 4.69) is 52.1 Å². The summed E-state index contributed by atoms with van der Waals surface area (Å²) in [5.41, 5.74) is 4.28. The van der Waals surface area contributed by atoms with Crippen molar-refractivity contribution in [2.45, 2.75) is 19.8 Å². The number of furan rings is 1. The molecule has 37 heavy (non-hydrogen) atoms. The second-order valence-electron chi connectivity index (χ2n) is 8.95. The van der Waals surface area contributed by atoms with Gasteiger partial charge in [-0.25, -0.2) is 0 Å². The summed E-state index contributed by atoms with van der Waals surface area (Å²) >= 11 is 0. The summed E-state index contributed by atoms with van der Waals surface area (Å²) in [6.45, 7) is 9.15. The summed E-state index contributed by atoms with van der Waals surface area (Å²) in [5, 5.41) is 5.76. The molecule has 2 amide bonds. The van der Waals surface area contributed by atoms with Crippen LogP contribution < -0.4 is 20.4 Å². The van der Waals surface area contributed by atoms with Crippen LogP contribution in [-0.2, 0) is 4.79 Å². The maximum Gasteiger partial charge on any atom is 0.291 e. The highest BCUT2D eigenvalue weighted by molar-refractivity contribution is 6.05. The lowest BCUT2D eigenvalue weighted by Crippen LogP contribution is -2.47. The molecular weight excluding hydrogens is 468 g/mol. The van der Waals surface area contributed by atoms with Gasteiger partial charge >= 0.3 is 0 Å². The monoisotopic (exact) mass is 500 g/mol. The number of benzene rings is 2. The third kappa shape index (κ3) is 6.46. The van der Waals surface area contributed by atoms with Crippen LogP contribution in [0.25, 0.3) is 0 Å². The van der Waals surface area contributed by atoms with E-state index in [0.717, 1.165) is 31.9 Å². The van der Waals surface area contributed by atoms with Gasteiger partial charge in [-0.15, -0.1) is 0 Å². The minimum Gasteiger partial charge on any atom is -0.459 e. The molecule has 192 valence electrons. The highest BCUT2D eigenvalue weighted by Crippen LogP contribution is 2.30. The third-order valence-corrected chi connectivity index (χ3v) is 6.44. The Kier molecular flexibility index (Phi) is 8.40. The molecule has 4 rings (SSSR count). The molecule has 0 aliphatic carbocycles. The van der Waals surface area contributed by atoms with E-state index in [9.17, 15) is 14.4 Å². The topological polar surface area (TPSA) is 94.9 Å². The van der Waals surface area contributed by atoms with Crippen molar-refractivity contribution in [2.24, 2.45) is 0 Å². The van der Waals surface area contributed by atoms with Gasteiger partial charge in [0.05, 0.1) is 17.6 Å². The number of amides is 2. The number of anilines is 3. The number of ketones is 1. The maximum atomic E-state index is 12.8. The Morgan fingerprint density at radius 3 is 2.35 bits per heavy atom. The number of rotatable bonds is 10. The molecular formula is C29H32N4O4. The van der Waals surface area contributed by atoms with Crippen LogP contribution in [0, 0.1) is 6.92 Å². The number of carbonyl (C=O) groups excluding carboxylic acids is 3. The van der Waals surface area contributed by atoms with Gasteiger partial charge in [0.25, 0.3) is 11.8 Å². The van der Waals surface area contributed by atoms with Crippen LogP contribution in [0.4, 0.5) is 17.1 Å². The van der Waals surface area contributed by atoms with Crippen molar-refractivity contribution in [1.82, 2.24) is 5.32 Å². The van der Waals surface area contributed by atoms with Gasteiger partial charge in [0, 0.05) is 50.4 Å². The van der Waals surface area contributed by atoms with Gasteiger partial charge in [0.2, 0.25) is 0 Å². The van der Waals surface area contributed by atoms with Gasteiger partial charge in [0.1, 0.15) is 0 Å².